The zero-order chi connectivity index (χ0) is 21.6. The third-order valence-electron chi connectivity index (χ3n) is 4.98. The molecule has 0 spiro atoms. The molecule has 1 aromatic heterocycles. The Kier molecular flexibility index (Phi) is 5.07. The third kappa shape index (κ3) is 3.92. The number of carbonyl (C=O) groups excluding carboxylic acids is 2. The molecule has 0 saturated carbocycles. The number of hydrogen-bond acceptors (Lipinski definition) is 6. The Bertz CT molecular complexity index is 1290. The lowest BCUT2D eigenvalue weighted by molar-refractivity contribution is -0.122. The van der Waals surface area contributed by atoms with Crippen LogP contribution in [-0.4, -0.2) is 38.0 Å². The van der Waals surface area contributed by atoms with Crippen molar-refractivity contribution in [3.05, 3.63) is 47.8 Å². The van der Waals surface area contributed by atoms with Crippen LogP contribution in [0.4, 0.5) is 15.2 Å². The van der Waals surface area contributed by atoms with Crippen LogP contribution < -0.4 is 10.2 Å². The number of aromatic nitrogens is 1. The van der Waals surface area contributed by atoms with E-state index in [1.165, 1.54) is 23.1 Å². The summed E-state index contributed by atoms with van der Waals surface area (Å²) in [6.07, 6.45) is 1.14. The third-order valence-corrected chi connectivity index (χ3v) is 7.02. The first-order valence-electron chi connectivity index (χ1n) is 9.10. The quantitative estimate of drug-likeness (QED) is 0.663. The molecule has 10 heteroatoms. The second-order valence-corrected chi connectivity index (χ2v) is 10.3. The second kappa shape index (κ2) is 7.44. The zero-order valence-electron chi connectivity index (χ0n) is 16.2. The van der Waals surface area contributed by atoms with Crippen molar-refractivity contribution in [1.29, 1.82) is 0 Å². The van der Waals surface area contributed by atoms with Crippen LogP contribution in [0.3, 0.4) is 0 Å². The maximum Gasteiger partial charge on any atom is 0.231 e. The van der Waals surface area contributed by atoms with Gasteiger partial charge >= 0.3 is 0 Å². The van der Waals surface area contributed by atoms with Gasteiger partial charge in [-0.2, -0.15) is 0 Å². The summed E-state index contributed by atoms with van der Waals surface area (Å²) >= 11 is 1.16. The van der Waals surface area contributed by atoms with Crippen molar-refractivity contribution in [2.75, 3.05) is 23.0 Å². The molecule has 3 aromatic rings. The number of halogens is 1. The molecule has 7 nitrogen and oxygen atoms in total. The minimum atomic E-state index is -3.34. The molecule has 0 unspecified atom stereocenters. The van der Waals surface area contributed by atoms with E-state index in [-0.39, 0.29) is 29.7 Å². The lowest BCUT2D eigenvalue weighted by atomic mass is 10.1. The number of hydrogen-bond donors (Lipinski definition) is 1. The highest BCUT2D eigenvalue weighted by Crippen LogP contribution is 2.30. The average Bonchev–Trinajstić information content (AvgIpc) is 3.25. The minimum absolute atomic E-state index is 0.0183. The van der Waals surface area contributed by atoms with Crippen LogP contribution in [-0.2, 0) is 19.4 Å². The monoisotopic (exact) mass is 447 g/mol. The molecule has 4 rings (SSSR count). The molecule has 1 fully saturated rings. The van der Waals surface area contributed by atoms with E-state index in [1.54, 1.807) is 25.1 Å². The van der Waals surface area contributed by atoms with E-state index < -0.39 is 21.6 Å². The number of thiazole rings is 1. The van der Waals surface area contributed by atoms with Gasteiger partial charge in [-0.15, -0.1) is 0 Å². The molecule has 1 atom stereocenters. The van der Waals surface area contributed by atoms with Crippen LogP contribution >= 0.6 is 11.3 Å². The number of aryl methyl sites for hydroxylation is 1. The van der Waals surface area contributed by atoms with E-state index in [0.29, 0.717) is 26.6 Å². The van der Waals surface area contributed by atoms with Gasteiger partial charge in [-0.3, -0.25) is 9.59 Å². The summed E-state index contributed by atoms with van der Waals surface area (Å²) in [4.78, 5) is 30.9. The fourth-order valence-electron chi connectivity index (χ4n) is 3.28. The summed E-state index contributed by atoms with van der Waals surface area (Å²) in [5, 5.41) is 3.04. The van der Waals surface area contributed by atoms with Gasteiger partial charge in [0.2, 0.25) is 11.8 Å². The van der Waals surface area contributed by atoms with Crippen LogP contribution in [0.5, 0.6) is 0 Å². The Morgan fingerprint density at radius 3 is 2.73 bits per heavy atom. The fourth-order valence-corrected chi connectivity index (χ4v) is 4.91. The highest BCUT2D eigenvalue weighted by Gasteiger charge is 2.35. The lowest BCUT2D eigenvalue weighted by Crippen LogP contribution is -2.28. The molecule has 1 N–H and O–H groups in total. The van der Waals surface area contributed by atoms with Gasteiger partial charge in [0.05, 0.1) is 21.0 Å². The summed E-state index contributed by atoms with van der Waals surface area (Å²) in [7, 11) is -3.34. The van der Waals surface area contributed by atoms with Gasteiger partial charge in [0.15, 0.2) is 15.0 Å². The number of carbonyl (C=O) groups is 2. The smallest absolute Gasteiger partial charge is 0.231 e. The normalized spacial score (nSPS) is 17.0. The van der Waals surface area contributed by atoms with Gasteiger partial charge in [0.1, 0.15) is 5.82 Å². The Hall–Kier alpha value is -2.85. The number of rotatable bonds is 4. The predicted octanol–water partition coefficient (Wildman–Crippen LogP) is 3.14. The first-order valence-corrected chi connectivity index (χ1v) is 11.8. The second-order valence-electron chi connectivity index (χ2n) is 7.25. The summed E-state index contributed by atoms with van der Waals surface area (Å²) in [5.74, 6) is -1.61. The van der Waals surface area contributed by atoms with Crippen molar-refractivity contribution in [3.8, 4) is 0 Å². The summed E-state index contributed by atoms with van der Waals surface area (Å²) in [5.41, 5.74) is 1.48. The number of sulfone groups is 1. The Balaban J connectivity index is 1.50. The van der Waals surface area contributed by atoms with E-state index >= 15 is 0 Å². The van der Waals surface area contributed by atoms with E-state index in [1.807, 2.05) is 0 Å². The van der Waals surface area contributed by atoms with E-state index in [2.05, 4.69) is 10.3 Å². The maximum absolute atomic E-state index is 13.8. The molecule has 2 aromatic carbocycles. The van der Waals surface area contributed by atoms with Gasteiger partial charge in [0, 0.05) is 24.9 Å². The van der Waals surface area contributed by atoms with E-state index in [0.717, 1.165) is 17.6 Å². The number of nitrogens with one attached hydrogen (secondary N) is 1. The van der Waals surface area contributed by atoms with Crippen molar-refractivity contribution in [2.45, 2.75) is 18.2 Å². The van der Waals surface area contributed by atoms with Crippen molar-refractivity contribution in [3.63, 3.8) is 0 Å². The summed E-state index contributed by atoms with van der Waals surface area (Å²) in [6, 6.07) is 9.12. The Morgan fingerprint density at radius 2 is 2.03 bits per heavy atom. The number of nitrogens with zero attached hydrogens (tertiary/aromatic N) is 2. The first-order chi connectivity index (χ1) is 14.1. The molecule has 30 heavy (non-hydrogen) atoms. The van der Waals surface area contributed by atoms with Crippen molar-refractivity contribution >= 4 is 54.0 Å². The fraction of sp³-hybridized carbons (Fsp3) is 0.250. The van der Waals surface area contributed by atoms with Crippen LogP contribution in [0.1, 0.15) is 12.0 Å². The van der Waals surface area contributed by atoms with Gasteiger partial charge in [0.25, 0.3) is 0 Å². The maximum atomic E-state index is 13.8. The van der Waals surface area contributed by atoms with Crippen molar-refractivity contribution in [2.24, 2.45) is 5.92 Å². The van der Waals surface area contributed by atoms with Crippen LogP contribution in [0.25, 0.3) is 10.2 Å². The van der Waals surface area contributed by atoms with Gasteiger partial charge < -0.3 is 10.2 Å². The number of anilines is 2. The van der Waals surface area contributed by atoms with E-state index in [9.17, 15) is 22.4 Å². The van der Waals surface area contributed by atoms with Crippen LogP contribution in [0.15, 0.2) is 41.3 Å². The molecular formula is C20H18FN3O4S2. The largest absolute Gasteiger partial charge is 0.311 e. The minimum Gasteiger partial charge on any atom is -0.311 e. The lowest BCUT2D eigenvalue weighted by Gasteiger charge is -2.17. The molecule has 2 amide bonds. The molecule has 1 saturated heterocycles. The highest BCUT2D eigenvalue weighted by molar-refractivity contribution is 7.90. The zero-order valence-corrected chi connectivity index (χ0v) is 17.8. The van der Waals surface area contributed by atoms with Gasteiger partial charge in [-0.25, -0.2) is 17.8 Å². The molecule has 0 bridgehead atoms. The number of amides is 2. The topological polar surface area (TPSA) is 96.4 Å². The number of benzene rings is 2. The SMILES string of the molecule is Cc1ccc(N2C[C@H](C(=O)Nc3nc4ccc(S(C)(=O)=O)cc4s3)CC2=O)cc1F. The molecule has 2 heterocycles. The molecule has 0 radical (unpaired) electrons. The standard InChI is InChI=1S/C20H18FN3O4S2/c1-11-3-4-13(8-15(11)21)24-10-12(7-18(24)25)19(26)23-20-22-16-6-5-14(30(2,27)28)9-17(16)29-20/h3-6,8-9,12H,7,10H2,1-2H3,(H,22,23,26)/t12-/m1/s1. The highest BCUT2D eigenvalue weighted by atomic mass is 32.2. The van der Waals surface area contributed by atoms with Gasteiger partial charge in [-0.05, 0) is 42.8 Å². The summed E-state index contributed by atoms with van der Waals surface area (Å²) in [6.45, 7) is 1.79. The first kappa shape index (κ1) is 20.4. The average molecular weight is 448 g/mol. The Morgan fingerprint density at radius 1 is 1.27 bits per heavy atom. The molecule has 1 aliphatic heterocycles. The van der Waals surface area contributed by atoms with Crippen molar-refractivity contribution in [1.82, 2.24) is 4.98 Å². The Labute approximate surface area is 176 Å². The van der Waals surface area contributed by atoms with E-state index in [4.69, 9.17) is 0 Å². The van der Waals surface area contributed by atoms with Crippen molar-refractivity contribution < 1.29 is 22.4 Å². The molecular weight excluding hydrogens is 429 g/mol. The predicted molar refractivity (Wildman–Crippen MR) is 113 cm³/mol. The van der Waals surface area contributed by atoms with Gasteiger partial charge in [-0.1, -0.05) is 17.4 Å². The van der Waals surface area contributed by atoms with Crippen LogP contribution in [0, 0.1) is 18.7 Å². The molecule has 1 aliphatic rings. The summed E-state index contributed by atoms with van der Waals surface area (Å²) < 4.78 is 37.9. The van der Waals surface area contributed by atoms with Crippen LogP contribution in [0.2, 0.25) is 0 Å². The molecule has 0 aliphatic carbocycles. The molecule has 156 valence electrons. The number of fused-ring (bicyclic) bond motifs is 1.